The lowest BCUT2D eigenvalue weighted by atomic mass is 9.71. The average molecular weight is 482 g/mol. The van der Waals surface area contributed by atoms with E-state index in [0.717, 1.165) is 45.3 Å². The van der Waals surface area contributed by atoms with Crippen molar-refractivity contribution in [3.8, 4) is 5.75 Å². The van der Waals surface area contributed by atoms with Crippen molar-refractivity contribution in [1.82, 2.24) is 15.2 Å². The standard InChI is InChI=1S/C24H24BrN3O3/c1-24(2)18-12-15(31-13-20(29)28-9-7-26-8-10-28)4-6-16(18)22(30)21-17-5-3-14(25)11-19(17)27-23(21)24/h3-6,11-12,26-27H,7-10,13H2,1-2H3. The molecule has 0 unspecified atom stereocenters. The Bertz CT molecular complexity index is 1210. The van der Waals surface area contributed by atoms with E-state index in [4.69, 9.17) is 4.74 Å². The van der Waals surface area contributed by atoms with Gasteiger partial charge >= 0.3 is 0 Å². The lowest BCUT2D eigenvalue weighted by Crippen LogP contribution is -2.47. The number of aromatic nitrogens is 1. The summed E-state index contributed by atoms with van der Waals surface area (Å²) in [5, 5.41) is 4.17. The molecule has 160 valence electrons. The number of piperazine rings is 1. The van der Waals surface area contributed by atoms with E-state index in [2.05, 4.69) is 40.1 Å². The first-order valence-corrected chi connectivity index (χ1v) is 11.3. The van der Waals surface area contributed by atoms with Crippen LogP contribution in [0.1, 0.15) is 41.0 Å². The molecular formula is C24H24BrN3O3. The molecule has 7 heteroatoms. The second kappa shape index (κ2) is 7.50. The molecule has 0 bridgehead atoms. The molecule has 0 spiro atoms. The van der Waals surface area contributed by atoms with Gasteiger partial charge in [0, 0.05) is 58.2 Å². The van der Waals surface area contributed by atoms with E-state index in [1.807, 2.05) is 35.2 Å². The zero-order valence-corrected chi connectivity index (χ0v) is 19.1. The second-order valence-corrected chi connectivity index (χ2v) is 9.56. The summed E-state index contributed by atoms with van der Waals surface area (Å²) in [6.07, 6.45) is 0. The lowest BCUT2D eigenvalue weighted by molar-refractivity contribution is -0.133. The van der Waals surface area contributed by atoms with E-state index in [-0.39, 0.29) is 18.3 Å². The molecule has 5 rings (SSSR count). The number of hydrogen-bond acceptors (Lipinski definition) is 4. The maximum absolute atomic E-state index is 13.4. The maximum atomic E-state index is 13.4. The summed E-state index contributed by atoms with van der Waals surface area (Å²) >= 11 is 3.51. The van der Waals surface area contributed by atoms with Gasteiger partial charge in [-0.3, -0.25) is 9.59 Å². The lowest BCUT2D eigenvalue weighted by Gasteiger charge is -2.32. The summed E-state index contributed by atoms with van der Waals surface area (Å²) < 4.78 is 6.80. The predicted molar refractivity (Wildman–Crippen MR) is 123 cm³/mol. The molecule has 2 aliphatic rings. The van der Waals surface area contributed by atoms with Crippen LogP contribution in [0.3, 0.4) is 0 Å². The zero-order chi connectivity index (χ0) is 21.8. The SMILES string of the molecule is CC1(C)c2cc(OCC(=O)N3CCNCC3)ccc2C(=O)c2c1[nH]c1cc(Br)ccc21. The van der Waals surface area contributed by atoms with Gasteiger partial charge in [-0.25, -0.2) is 0 Å². The Morgan fingerprint density at radius 2 is 1.94 bits per heavy atom. The van der Waals surface area contributed by atoms with Crippen molar-refractivity contribution < 1.29 is 14.3 Å². The molecule has 3 aromatic rings. The number of carbonyl (C=O) groups is 2. The van der Waals surface area contributed by atoms with Crippen LogP contribution in [-0.2, 0) is 10.2 Å². The molecule has 1 aliphatic carbocycles. The molecule has 31 heavy (non-hydrogen) atoms. The van der Waals surface area contributed by atoms with E-state index in [1.54, 1.807) is 6.07 Å². The molecule has 0 radical (unpaired) electrons. The topological polar surface area (TPSA) is 74.4 Å². The number of ketones is 1. The molecule has 0 saturated carbocycles. The summed E-state index contributed by atoms with van der Waals surface area (Å²) in [4.78, 5) is 31.1. The zero-order valence-electron chi connectivity index (χ0n) is 17.5. The fourth-order valence-electron chi connectivity index (χ4n) is 4.62. The molecule has 1 amide bonds. The number of aromatic amines is 1. The van der Waals surface area contributed by atoms with Crippen molar-refractivity contribution in [1.29, 1.82) is 0 Å². The van der Waals surface area contributed by atoms with Gasteiger partial charge in [0.1, 0.15) is 5.75 Å². The van der Waals surface area contributed by atoms with E-state index in [9.17, 15) is 9.59 Å². The van der Waals surface area contributed by atoms with Crippen LogP contribution in [0.2, 0.25) is 0 Å². The predicted octanol–water partition coefficient (Wildman–Crippen LogP) is 3.61. The van der Waals surface area contributed by atoms with Crippen LogP contribution in [0.15, 0.2) is 40.9 Å². The van der Waals surface area contributed by atoms with Gasteiger partial charge in [-0.1, -0.05) is 35.8 Å². The van der Waals surface area contributed by atoms with Crippen molar-refractivity contribution in [3.05, 3.63) is 63.3 Å². The fraction of sp³-hybridized carbons (Fsp3) is 0.333. The number of hydrogen-bond donors (Lipinski definition) is 2. The third-order valence-corrected chi connectivity index (χ3v) is 6.85. The van der Waals surface area contributed by atoms with Gasteiger partial charge < -0.3 is 19.9 Å². The van der Waals surface area contributed by atoms with E-state index >= 15 is 0 Å². The summed E-state index contributed by atoms with van der Waals surface area (Å²) in [5.74, 6) is 0.602. The summed E-state index contributed by atoms with van der Waals surface area (Å²) in [6.45, 7) is 7.24. The summed E-state index contributed by atoms with van der Waals surface area (Å²) in [6, 6.07) is 11.4. The number of H-pyrrole nitrogens is 1. The first kappa shape index (κ1) is 20.3. The summed E-state index contributed by atoms with van der Waals surface area (Å²) in [5.41, 5.74) is 3.76. The monoisotopic (exact) mass is 481 g/mol. The molecule has 0 atom stereocenters. The molecule has 6 nitrogen and oxygen atoms in total. The highest BCUT2D eigenvalue weighted by Crippen LogP contribution is 2.44. The number of fused-ring (bicyclic) bond motifs is 4. The number of carbonyl (C=O) groups excluding carboxylic acids is 2. The molecule has 2 N–H and O–H groups in total. The van der Waals surface area contributed by atoms with Crippen LogP contribution < -0.4 is 10.1 Å². The molecular weight excluding hydrogens is 458 g/mol. The number of halogens is 1. The Hall–Kier alpha value is -2.64. The molecule has 1 aliphatic heterocycles. The number of benzene rings is 2. The first-order chi connectivity index (χ1) is 14.9. The minimum Gasteiger partial charge on any atom is -0.484 e. The van der Waals surface area contributed by atoms with Crippen molar-refractivity contribution in [2.24, 2.45) is 0 Å². The Kier molecular flexibility index (Phi) is 4.90. The molecule has 2 aromatic carbocycles. The number of nitrogens with zero attached hydrogens (tertiary/aromatic N) is 1. The highest BCUT2D eigenvalue weighted by molar-refractivity contribution is 9.10. The van der Waals surface area contributed by atoms with Crippen molar-refractivity contribution in [3.63, 3.8) is 0 Å². The Morgan fingerprint density at radius 3 is 2.71 bits per heavy atom. The van der Waals surface area contributed by atoms with Gasteiger partial charge in [0.2, 0.25) is 0 Å². The van der Waals surface area contributed by atoms with Gasteiger partial charge in [-0.2, -0.15) is 0 Å². The first-order valence-electron chi connectivity index (χ1n) is 10.5. The molecule has 1 saturated heterocycles. The normalized spacial score (nSPS) is 17.4. The largest absolute Gasteiger partial charge is 0.484 e. The maximum Gasteiger partial charge on any atom is 0.260 e. The smallest absolute Gasteiger partial charge is 0.260 e. The Morgan fingerprint density at radius 1 is 1.16 bits per heavy atom. The Labute approximate surface area is 189 Å². The highest BCUT2D eigenvalue weighted by Gasteiger charge is 2.39. The molecule has 1 aromatic heterocycles. The van der Waals surface area contributed by atoms with Crippen LogP contribution in [0.4, 0.5) is 0 Å². The van der Waals surface area contributed by atoms with Crippen LogP contribution in [0.25, 0.3) is 10.9 Å². The van der Waals surface area contributed by atoms with Crippen LogP contribution in [-0.4, -0.2) is 54.4 Å². The highest BCUT2D eigenvalue weighted by atomic mass is 79.9. The van der Waals surface area contributed by atoms with Crippen LogP contribution >= 0.6 is 15.9 Å². The minimum absolute atomic E-state index is 0.00116. The molecule has 1 fully saturated rings. The fourth-order valence-corrected chi connectivity index (χ4v) is 4.98. The van der Waals surface area contributed by atoms with Gasteiger partial charge in [0.05, 0.1) is 5.56 Å². The second-order valence-electron chi connectivity index (χ2n) is 8.65. The number of ether oxygens (including phenoxy) is 1. The van der Waals surface area contributed by atoms with Crippen molar-refractivity contribution in [2.75, 3.05) is 32.8 Å². The van der Waals surface area contributed by atoms with Crippen molar-refractivity contribution >= 4 is 38.5 Å². The third kappa shape index (κ3) is 3.36. The van der Waals surface area contributed by atoms with Gasteiger partial charge in [0.15, 0.2) is 12.4 Å². The van der Waals surface area contributed by atoms with Gasteiger partial charge in [-0.15, -0.1) is 0 Å². The van der Waals surface area contributed by atoms with E-state index in [1.165, 1.54) is 0 Å². The quantitative estimate of drug-likeness (QED) is 0.599. The van der Waals surface area contributed by atoms with Gasteiger partial charge in [0.25, 0.3) is 5.91 Å². The van der Waals surface area contributed by atoms with Crippen molar-refractivity contribution in [2.45, 2.75) is 19.3 Å². The molecule has 2 heterocycles. The number of rotatable bonds is 3. The van der Waals surface area contributed by atoms with Crippen LogP contribution in [0.5, 0.6) is 5.75 Å². The third-order valence-electron chi connectivity index (χ3n) is 6.35. The summed E-state index contributed by atoms with van der Waals surface area (Å²) in [7, 11) is 0. The van der Waals surface area contributed by atoms with E-state index < -0.39 is 5.41 Å². The van der Waals surface area contributed by atoms with Crippen LogP contribution in [0, 0.1) is 0 Å². The Balaban J connectivity index is 1.46. The number of amides is 1. The van der Waals surface area contributed by atoms with Gasteiger partial charge in [-0.05, 0) is 35.9 Å². The number of nitrogens with one attached hydrogen (secondary N) is 2. The van der Waals surface area contributed by atoms with E-state index in [0.29, 0.717) is 24.4 Å². The average Bonchev–Trinajstić information content (AvgIpc) is 3.16. The minimum atomic E-state index is -0.411.